The van der Waals surface area contributed by atoms with Crippen LogP contribution in [0.15, 0.2) is 53.3 Å². The molecule has 4 rings (SSSR count). The molecule has 3 aromatic heterocycles. The minimum Gasteiger partial charge on any atom is -0.453 e. The van der Waals surface area contributed by atoms with Crippen LogP contribution < -0.4 is 5.32 Å². The quantitative estimate of drug-likeness (QED) is 0.494. The second-order valence-corrected chi connectivity index (χ2v) is 7.05. The van der Waals surface area contributed by atoms with Crippen molar-refractivity contribution in [1.82, 2.24) is 24.4 Å². The molecule has 10 heteroatoms. The number of imidazole rings is 1. The number of amides is 2. The SMILES string of the molecule is CCN(Cc1nc(-c2ccc(C)c(NC(=O)c3cnc4ccccn34)c2)no1)C(=O)OC. The summed E-state index contributed by atoms with van der Waals surface area (Å²) in [5.41, 5.74) is 3.28. The third-order valence-corrected chi connectivity index (χ3v) is 5.00. The van der Waals surface area contributed by atoms with Gasteiger partial charge in [0.2, 0.25) is 11.7 Å². The second-order valence-electron chi connectivity index (χ2n) is 7.05. The summed E-state index contributed by atoms with van der Waals surface area (Å²) < 4.78 is 11.8. The maximum absolute atomic E-state index is 12.9. The zero-order valence-electron chi connectivity index (χ0n) is 17.9. The highest BCUT2D eigenvalue weighted by atomic mass is 16.5. The van der Waals surface area contributed by atoms with Crippen LogP contribution in [-0.2, 0) is 11.3 Å². The Labute approximate surface area is 183 Å². The molecule has 3 heterocycles. The van der Waals surface area contributed by atoms with Gasteiger partial charge in [-0.15, -0.1) is 0 Å². The molecule has 0 saturated heterocycles. The number of hydrogen-bond acceptors (Lipinski definition) is 7. The molecule has 0 aliphatic carbocycles. The number of hydrogen-bond donors (Lipinski definition) is 1. The molecule has 0 fully saturated rings. The molecule has 0 bridgehead atoms. The predicted octanol–water partition coefficient (Wildman–Crippen LogP) is 3.53. The summed E-state index contributed by atoms with van der Waals surface area (Å²) in [6, 6.07) is 11.0. The molecule has 32 heavy (non-hydrogen) atoms. The van der Waals surface area contributed by atoms with Gasteiger partial charge in [-0.05, 0) is 37.6 Å². The minimum absolute atomic E-state index is 0.139. The first-order valence-electron chi connectivity index (χ1n) is 10.00. The number of carbonyl (C=O) groups excluding carboxylic acids is 2. The molecule has 1 N–H and O–H groups in total. The van der Waals surface area contributed by atoms with E-state index in [-0.39, 0.29) is 18.3 Å². The van der Waals surface area contributed by atoms with Crippen molar-refractivity contribution in [2.24, 2.45) is 0 Å². The normalized spacial score (nSPS) is 10.8. The highest BCUT2D eigenvalue weighted by molar-refractivity contribution is 6.04. The summed E-state index contributed by atoms with van der Waals surface area (Å²) in [4.78, 5) is 34.7. The first-order chi connectivity index (χ1) is 15.5. The fourth-order valence-corrected chi connectivity index (χ4v) is 3.22. The van der Waals surface area contributed by atoms with Crippen molar-refractivity contribution in [3.05, 3.63) is 65.9 Å². The van der Waals surface area contributed by atoms with Crippen LogP contribution in [0.1, 0.15) is 28.9 Å². The molecular formula is C22H22N6O4. The third-order valence-electron chi connectivity index (χ3n) is 5.00. The van der Waals surface area contributed by atoms with Gasteiger partial charge in [0.05, 0.1) is 13.3 Å². The van der Waals surface area contributed by atoms with E-state index < -0.39 is 6.09 Å². The van der Waals surface area contributed by atoms with Crippen LogP contribution >= 0.6 is 0 Å². The molecule has 0 spiro atoms. The third kappa shape index (κ3) is 4.15. The summed E-state index contributed by atoms with van der Waals surface area (Å²) in [5, 5.41) is 6.94. The van der Waals surface area contributed by atoms with Crippen molar-refractivity contribution < 1.29 is 18.8 Å². The smallest absolute Gasteiger partial charge is 0.409 e. The van der Waals surface area contributed by atoms with E-state index in [9.17, 15) is 9.59 Å². The molecular weight excluding hydrogens is 412 g/mol. The molecule has 164 valence electrons. The number of methoxy groups -OCH3 is 1. The maximum Gasteiger partial charge on any atom is 0.409 e. The van der Waals surface area contributed by atoms with Crippen molar-refractivity contribution in [3.8, 4) is 11.4 Å². The lowest BCUT2D eigenvalue weighted by atomic mass is 10.1. The van der Waals surface area contributed by atoms with E-state index in [0.717, 1.165) is 5.56 Å². The first-order valence-corrected chi connectivity index (χ1v) is 10.00. The largest absolute Gasteiger partial charge is 0.453 e. The first kappa shape index (κ1) is 21.0. The van der Waals surface area contributed by atoms with E-state index in [1.807, 2.05) is 44.2 Å². The Bertz CT molecular complexity index is 1280. The van der Waals surface area contributed by atoms with Gasteiger partial charge in [0, 0.05) is 24.0 Å². The number of nitrogens with zero attached hydrogens (tertiary/aromatic N) is 5. The minimum atomic E-state index is -0.472. The Morgan fingerprint density at radius 1 is 1.25 bits per heavy atom. The number of benzene rings is 1. The highest BCUT2D eigenvalue weighted by Crippen LogP contribution is 2.24. The molecule has 0 atom stereocenters. The van der Waals surface area contributed by atoms with E-state index in [0.29, 0.717) is 35.0 Å². The van der Waals surface area contributed by atoms with Crippen molar-refractivity contribution in [1.29, 1.82) is 0 Å². The number of nitrogens with one attached hydrogen (secondary N) is 1. The van der Waals surface area contributed by atoms with Crippen LogP contribution in [0.2, 0.25) is 0 Å². The fraction of sp³-hybridized carbons (Fsp3) is 0.227. The Hall–Kier alpha value is -4.21. The van der Waals surface area contributed by atoms with Gasteiger partial charge in [-0.2, -0.15) is 4.98 Å². The lowest BCUT2D eigenvalue weighted by Crippen LogP contribution is -2.30. The highest BCUT2D eigenvalue weighted by Gasteiger charge is 2.18. The van der Waals surface area contributed by atoms with Gasteiger partial charge >= 0.3 is 6.09 Å². The summed E-state index contributed by atoms with van der Waals surface area (Å²) >= 11 is 0. The van der Waals surface area contributed by atoms with Gasteiger partial charge < -0.3 is 14.6 Å². The number of ether oxygens (including phenoxy) is 1. The second kappa shape index (κ2) is 8.88. The summed E-state index contributed by atoms with van der Waals surface area (Å²) in [6.07, 6.45) is 2.85. The lowest BCUT2D eigenvalue weighted by Gasteiger charge is -2.16. The van der Waals surface area contributed by atoms with Crippen LogP contribution in [0.4, 0.5) is 10.5 Å². The van der Waals surface area contributed by atoms with Crippen LogP contribution in [0.5, 0.6) is 0 Å². The molecule has 0 aliphatic rings. The molecule has 0 saturated carbocycles. The van der Waals surface area contributed by atoms with Gasteiger partial charge in [-0.1, -0.05) is 23.4 Å². The maximum atomic E-state index is 12.9. The average Bonchev–Trinajstić information content (AvgIpc) is 3.45. The number of aromatic nitrogens is 4. The van der Waals surface area contributed by atoms with E-state index in [1.165, 1.54) is 18.2 Å². The molecule has 0 aliphatic heterocycles. The number of pyridine rings is 1. The molecule has 10 nitrogen and oxygen atoms in total. The Balaban J connectivity index is 1.55. The topological polar surface area (TPSA) is 115 Å². The van der Waals surface area contributed by atoms with E-state index in [2.05, 4.69) is 20.4 Å². The number of aryl methyl sites for hydroxylation is 1. The van der Waals surface area contributed by atoms with Crippen molar-refractivity contribution in [2.75, 3.05) is 19.0 Å². The summed E-state index contributed by atoms with van der Waals surface area (Å²) in [5.74, 6) is 0.352. The average molecular weight is 434 g/mol. The monoisotopic (exact) mass is 434 g/mol. The van der Waals surface area contributed by atoms with Gasteiger partial charge in [0.15, 0.2) is 0 Å². The van der Waals surface area contributed by atoms with E-state index in [4.69, 9.17) is 9.26 Å². The molecule has 4 aromatic rings. The van der Waals surface area contributed by atoms with Crippen molar-refractivity contribution in [3.63, 3.8) is 0 Å². The van der Waals surface area contributed by atoms with E-state index in [1.54, 1.807) is 16.7 Å². The van der Waals surface area contributed by atoms with Gasteiger partial charge in [0.25, 0.3) is 5.91 Å². The zero-order valence-corrected chi connectivity index (χ0v) is 17.9. The van der Waals surface area contributed by atoms with Crippen LogP contribution in [-0.4, -0.2) is 50.1 Å². The number of carbonyl (C=O) groups is 2. The Morgan fingerprint density at radius 3 is 2.88 bits per heavy atom. The van der Waals surface area contributed by atoms with Crippen LogP contribution in [0.25, 0.3) is 17.0 Å². The molecule has 2 amide bonds. The summed E-state index contributed by atoms with van der Waals surface area (Å²) in [6.45, 7) is 4.30. The number of rotatable bonds is 6. The molecule has 1 aromatic carbocycles. The zero-order chi connectivity index (χ0) is 22.7. The predicted molar refractivity (Wildman–Crippen MR) is 116 cm³/mol. The Kier molecular flexibility index (Phi) is 5.84. The van der Waals surface area contributed by atoms with Gasteiger partial charge in [0.1, 0.15) is 17.9 Å². The lowest BCUT2D eigenvalue weighted by molar-refractivity contribution is 0.102. The van der Waals surface area contributed by atoms with Crippen molar-refractivity contribution in [2.45, 2.75) is 20.4 Å². The molecule has 0 radical (unpaired) electrons. The van der Waals surface area contributed by atoms with Crippen LogP contribution in [0.3, 0.4) is 0 Å². The standard InChI is InChI=1S/C22H22N6O4/c1-4-27(22(30)31-3)13-19-25-20(26-32-19)15-9-8-14(2)16(11-15)24-21(29)17-12-23-18-7-5-6-10-28(17)18/h5-12H,4,13H2,1-3H3,(H,24,29). The van der Waals surface area contributed by atoms with Gasteiger partial charge in [-0.25, -0.2) is 9.78 Å². The fourth-order valence-electron chi connectivity index (χ4n) is 3.22. The van der Waals surface area contributed by atoms with Crippen molar-refractivity contribution >= 4 is 23.3 Å². The van der Waals surface area contributed by atoms with Crippen LogP contribution in [0, 0.1) is 6.92 Å². The van der Waals surface area contributed by atoms with Gasteiger partial charge in [-0.3, -0.25) is 14.1 Å². The summed E-state index contributed by atoms with van der Waals surface area (Å²) in [7, 11) is 1.32. The molecule has 0 unspecified atom stereocenters. The number of anilines is 1. The van der Waals surface area contributed by atoms with E-state index >= 15 is 0 Å². The Morgan fingerprint density at radius 2 is 2.09 bits per heavy atom. The number of fused-ring (bicyclic) bond motifs is 1.